The van der Waals surface area contributed by atoms with Crippen molar-refractivity contribution in [2.45, 2.75) is 6.42 Å². The lowest BCUT2D eigenvalue weighted by molar-refractivity contribution is -0.135. The van der Waals surface area contributed by atoms with Gasteiger partial charge in [-0.3, -0.25) is 4.79 Å². The third-order valence-electron chi connectivity index (χ3n) is 4.15. The smallest absolute Gasteiger partial charge is 0.308 e. The first-order chi connectivity index (χ1) is 14.0. The van der Waals surface area contributed by atoms with E-state index in [9.17, 15) is 9.90 Å². The molecular formula is C21H20N2O6. The molecular weight excluding hydrogens is 376 g/mol. The average molecular weight is 396 g/mol. The fourth-order valence-corrected chi connectivity index (χ4v) is 2.77. The topological polar surface area (TPSA) is 104 Å². The van der Waals surface area contributed by atoms with Crippen molar-refractivity contribution < 1.29 is 28.6 Å². The van der Waals surface area contributed by atoms with Crippen LogP contribution in [0.15, 0.2) is 47.0 Å². The van der Waals surface area contributed by atoms with Crippen LogP contribution in [0.1, 0.15) is 17.9 Å². The number of hydrogen-bond donors (Lipinski definition) is 1. The van der Waals surface area contributed by atoms with Gasteiger partial charge in [0.2, 0.25) is 5.82 Å². The lowest BCUT2D eigenvalue weighted by Crippen LogP contribution is -1.98. The molecule has 0 fully saturated rings. The second kappa shape index (κ2) is 8.92. The number of para-hydroxylation sites is 1. The van der Waals surface area contributed by atoms with E-state index in [4.69, 9.17) is 18.7 Å². The third-order valence-corrected chi connectivity index (χ3v) is 4.15. The minimum Gasteiger partial charge on any atom is -0.496 e. The molecule has 0 bridgehead atoms. The van der Waals surface area contributed by atoms with Gasteiger partial charge in [0.15, 0.2) is 11.5 Å². The zero-order valence-corrected chi connectivity index (χ0v) is 16.2. The summed E-state index contributed by atoms with van der Waals surface area (Å²) in [5, 5.41) is 13.3. The highest BCUT2D eigenvalue weighted by atomic mass is 16.5. The van der Waals surface area contributed by atoms with E-state index in [1.165, 1.54) is 7.11 Å². The molecule has 0 radical (unpaired) electrons. The number of nitrogens with zero attached hydrogens (tertiary/aromatic N) is 2. The number of carboxylic acids is 1. The number of carboxylic acid groups (broad SMARTS) is 1. The third kappa shape index (κ3) is 4.55. The van der Waals surface area contributed by atoms with Crippen molar-refractivity contribution in [3.8, 4) is 28.6 Å². The van der Waals surface area contributed by atoms with Crippen LogP contribution in [0.3, 0.4) is 0 Å². The molecule has 0 aliphatic carbocycles. The van der Waals surface area contributed by atoms with Gasteiger partial charge in [-0.2, -0.15) is 4.98 Å². The SMILES string of the molecule is COc1ccccc1/C=C(\CC(=O)O)c1nc(-c2ccc(OC)c(OC)c2)no1. The predicted molar refractivity (Wildman–Crippen MR) is 106 cm³/mol. The second-order valence-electron chi connectivity index (χ2n) is 5.97. The summed E-state index contributed by atoms with van der Waals surface area (Å²) in [5.74, 6) is 1.10. The van der Waals surface area contributed by atoms with Gasteiger partial charge in [-0.15, -0.1) is 0 Å². The van der Waals surface area contributed by atoms with E-state index < -0.39 is 5.97 Å². The number of rotatable bonds is 8. The molecule has 0 spiro atoms. The Kier molecular flexibility index (Phi) is 6.13. The molecule has 8 heteroatoms. The van der Waals surface area contributed by atoms with Gasteiger partial charge in [-0.1, -0.05) is 23.4 Å². The molecule has 3 aromatic rings. The number of benzene rings is 2. The maximum absolute atomic E-state index is 11.4. The molecule has 1 N–H and O–H groups in total. The Morgan fingerprint density at radius 2 is 1.76 bits per heavy atom. The summed E-state index contributed by atoms with van der Waals surface area (Å²) < 4.78 is 21.2. The number of aliphatic carboxylic acids is 1. The van der Waals surface area contributed by atoms with Crippen LogP contribution < -0.4 is 14.2 Å². The van der Waals surface area contributed by atoms with Crippen molar-refractivity contribution in [3.63, 3.8) is 0 Å². The summed E-state index contributed by atoms with van der Waals surface area (Å²) in [6.07, 6.45) is 1.38. The van der Waals surface area contributed by atoms with Crippen LogP contribution in [0.5, 0.6) is 17.2 Å². The summed E-state index contributed by atoms with van der Waals surface area (Å²) in [6, 6.07) is 12.5. The maximum atomic E-state index is 11.4. The van der Waals surface area contributed by atoms with Crippen molar-refractivity contribution in [1.29, 1.82) is 0 Å². The largest absolute Gasteiger partial charge is 0.496 e. The Hall–Kier alpha value is -3.81. The molecule has 0 aliphatic heterocycles. The van der Waals surface area contributed by atoms with Crippen LogP contribution in [-0.2, 0) is 4.79 Å². The van der Waals surface area contributed by atoms with Crippen molar-refractivity contribution >= 4 is 17.6 Å². The quantitative estimate of drug-likeness (QED) is 0.613. The van der Waals surface area contributed by atoms with E-state index in [-0.39, 0.29) is 12.3 Å². The van der Waals surface area contributed by atoms with E-state index in [1.54, 1.807) is 44.6 Å². The number of methoxy groups -OCH3 is 3. The van der Waals surface area contributed by atoms with E-state index in [0.717, 1.165) is 0 Å². The Balaban J connectivity index is 2.00. The van der Waals surface area contributed by atoms with Gasteiger partial charge in [-0.25, -0.2) is 0 Å². The first kappa shape index (κ1) is 19.9. The van der Waals surface area contributed by atoms with Crippen LogP contribution >= 0.6 is 0 Å². The van der Waals surface area contributed by atoms with Crippen molar-refractivity contribution in [2.24, 2.45) is 0 Å². The molecule has 1 aromatic heterocycles. The first-order valence-electron chi connectivity index (χ1n) is 8.67. The predicted octanol–water partition coefficient (Wildman–Crippen LogP) is 3.78. The monoisotopic (exact) mass is 396 g/mol. The van der Waals surface area contributed by atoms with Crippen LogP contribution in [0, 0.1) is 0 Å². The zero-order chi connectivity index (χ0) is 20.8. The van der Waals surface area contributed by atoms with Crippen molar-refractivity contribution in [2.75, 3.05) is 21.3 Å². The van der Waals surface area contributed by atoms with E-state index in [0.29, 0.717) is 39.8 Å². The van der Waals surface area contributed by atoms with Gasteiger partial charge in [0.1, 0.15) is 5.75 Å². The van der Waals surface area contributed by atoms with Crippen molar-refractivity contribution in [1.82, 2.24) is 10.1 Å². The molecule has 8 nitrogen and oxygen atoms in total. The highest BCUT2D eigenvalue weighted by Crippen LogP contribution is 2.32. The van der Waals surface area contributed by atoms with E-state index >= 15 is 0 Å². The number of ether oxygens (including phenoxy) is 3. The summed E-state index contributed by atoms with van der Waals surface area (Å²) >= 11 is 0. The molecule has 3 rings (SSSR count). The summed E-state index contributed by atoms with van der Waals surface area (Å²) in [4.78, 5) is 15.7. The molecule has 0 amide bonds. The normalized spacial score (nSPS) is 11.2. The summed E-state index contributed by atoms with van der Waals surface area (Å²) in [6.45, 7) is 0. The van der Waals surface area contributed by atoms with E-state index in [2.05, 4.69) is 10.1 Å². The Bertz CT molecular complexity index is 1040. The molecule has 1 heterocycles. The average Bonchev–Trinajstić information content (AvgIpc) is 3.23. The fourth-order valence-electron chi connectivity index (χ4n) is 2.77. The number of hydrogen-bond acceptors (Lipinski definition) is 7. The fraction of sp³-hybridized carbons (Fsp3) is 0.190. The van der Waals surface area contributed by atoms with Gasteiger partial charge in [0.05, 0.1) is 27.8 Å². The molecule has 0 unspecified atom stereocenters. The lowest BCUT2D eigenvalue weighted by Gasteiger charge is -2.07. The minimum absolute atomic E-state index is 0.114. The molecule has 150 valence electrons. The maximum Gasteiger partial charge on any atom is 0.308 e. The van der Waals surface area contributed by atoms with Gasteiger partial charge in [-0.05, 0) is 30.3 Å². The Morgan fingerprint density at radius 3 is 2.45 bits per heavy atom. The molecule has 0 saturated heterocycles. The molecule has 0 atom stereocenters. The number of aromatic nitrogens is 2. The summed E-state index contributed by atoms with van der Waals surface area (Å²) in [7, 11) is 4.63. The second-order valence-corrected chi connectivity index (χ2v) is 5.97. The number of carbonyl (C=O) groups is 1. The Morgan fingerprint density at radius 1 is 1.03 bits per heavy atom. The zero-order valence-electron chi connectivity index (χ0n) is 16.2. The van der Waals surface area contributed by atoms with Gasteiger partial charge in [0, 0.05) is 16.7 Å². The molecule has 2 aromatic carbocycles. The summed E-state index contributed by atoms with van der Waals surface area (Å²) in [5.41, 5.74) is 1.71. The van der Waals surface area contributed by atoms with Crippen LogP contribution in [-0.4, -0.2) is 42.5 Å². The molecule has 29 heavy (non-hydrogen) atoms. The lowest BCUT2D eigenvalue weighted by atomic mass is 10.1. The Labute approximate surface area is 167 Å². The van der Waals surface area contributed by atoms with Crippen LogP contribution in [0.2, 0.25) is 0 Å². The van der Waals surface area contributed by atoms with Crippen LogP contribution in [0.4, 0.5) is 0 Å². The molecule has 0 saturated carbocycles. The van der Waals surface area contributed by atoms with Gasteiger partial charge < -0.3 is 23.8 Å². The highest BCUT2D eigenvalue weighted by molar-refractivity contribution is 5.90. The minimum atomic E-state index is -1.02. The first-order valence-corrected chi connectivity index (χ1v) is 8.67. The van der Waals surface area contributed by atoms with E-state index in [1.807, 2.05) is 18.2 Å². The highest BCUT2D eigenvalue weighted by Gasteiger charge is 2.18. The van der Waals surface area contributed by atoms with Crippen molar-refractivity contribution in [3.05, 3.63) is 53.9 Å². The standard InChI is InChI=1S/C21H20N2O6/c1-26-16-7-5-4-6-13(16)10-15(12-19(24)25)21-22-20(23-29-21)14-8-9-17(27-2)18(11-14)28-3/h4-11H,12H2,1-3H3,(H,24,25)/b15-10+. The van der Waals surface area contributed by atoms with Crippen LogP contribution in [0.25, 0.3) is 23.0 Å². The van der Waals surface area contributed by atoms with Gasteiger partial charge >= 0.3 is 5.97 Å². The molecule has 0 aliphatic rings. The van der Waals surface area contributed by atoms with Gasteiger partial charge in [0.25, 0.3) is 5.89 Å².